The van der Waals surface area contributed by atoms with E-state index in [0.717, 1.165) is 38.9 Å². The monoisotopic (exact) mass is 390 g/mol. The molecule has 0 radical (unpaired) electrons. The quantitative estimate of drug-likeness (QED) is 0.659. The number of methoxy groups -OCH3 is 1. The van der Waals surface area contributed by atoms with Crippen molar-refractivity contribution in [3.05, 3.63) is 71.3 Å². The molecule has 29 heavy (non-hydrogen) atoms. The van der Waals surface area contributed by atoms with E-state index in [1.165, 1.54) is 0 Å². The van der Waals surface area contributed by atoms with Crippen LogP contribution in [0.1, 0.15) is 29.5 Å². The van der Waals surface area contributed by atoms with Gasteiger partial charge in [-0.25, -0.2) is 0 Å². The predicted octanol–water partition coefficient (Wildman–Crippen LogP) is 4.32. The van der Waals surface area contributed by atoms with Crippen molar-refractivity contribution in [1.82, 2.24) is 5.32 Å². The molecule has 0 aromatic heterocycles. The molecule has 2 amide bonds. The summed E-state index contributed by atoms with van der Waals surface area (Å²) in [5, 5.41) is 7.67. The molecule has 0 unspecified atom stereocenters. The summed E-state index contributed by atoms with van der Waals surface area (Å²) in [4.78, 5) is 24.8. The average molecular weight is 390 g/mol. The van der Waals surface area contributed by atoms with Crippen LogP contribution < -0.4 is 15.4 Å². The molecule has 3 aromatic carbocycles. The van der Waals surface area contributed by atoms with Crippen molar-refractivity contribution in [2.45, 2.75) is 26.7 Å². The predicted molar refractivity (Wildman–Crippen MR) is 116 cm³/mol. The second-order valence-corrected chi connectivity index (χ2v) is 7.21. The summed E-state index contributed by atoms with van der Waals surface area (Å²) in [6, 6.07) is 17.5. The number of anilines is 1. The molecule has 0 saturated heterocycles. The van der Waals surface area contributed by atoms with Gasteiger partial charge in [0.1, 0.15) is 5.75 Å². The molecule has 0 spiro atoms. The van der Waals surface area contributed by atoms with Crippen molar-refractivity contribution in [2.24, 2.45) is 0 Å². The number of benzene rings is 3. The third-order valence-electron chi connectivity index (χ3n) is 5.27. The highest BCUT2D eigenvalue weighted by molar-refractivity contribution is 5.96. The van der Waals surface area contributed by atoms with Crippen molar-refractivity contribution >= 4 is 28.3 Å². The molecular weight excluding hydrogens is 364 g/mol. The molecule has 5 nitrogen and oxygen atoms in total. The molecule has 150 valence electrons. The van der Waals surface area contributed by atoms with E-state index in [9.17, 15) is 9.59 Å². The molecule has 2 N–H and O–H groups in total. The van der Waals surface area contributed by atoms with Gasteiger partial charge in [0, 0.05) is 5.69 Å². The lowest BCUT2D eigenvalue weighted by atomic mass is 9.97. The summed E-state index contributed by atoms with van der Waals surface area (Å²) in [7, 11) is 1.64. The topological polar surface area (TPSA) is 67.4 Å². The van der Waals surface area contributed by atoms with Crippen LogP contribution in [-0.2, 0) is 9.59 Å². The summed E-state index contributed by atoms with van der Waals surface area (Å²) in [5.41, 5.74) is 3.79. The first-order valence-electron chi connectivity index (χ1n) is 9.60. The average Bonchev–Trinajstić information content (AvgIpc) is 2.74. The number of aryl methyl sites for hydroxylation is 1. The van der Waals surface area contributed by atoms with Gasteiger partial charge >= 0.3 is 0 Å². The number of amides is 2. The summed E-state index contributed by atoms with van der Waals surface area (Å²) < 4.78 is 5.25. The van der Waals surface area contributed by atoms with E-state index in [-0.39, 0.29) is 24.3 Å². The van der Waals surface area contributed by atoms with Crippen LogP contribution in [0.5, 0.6) is 5.75 Å². The van der Waals surface area contributed by atoms with Gasteiger partial charge in [0.05, 0.1) is 19.6 Å². The third-order valence-corrected chi connectivity index (χ3v) is 5.27. The molecule has 0 heterocycles. The number of carbonyl (C=O) groups excluding carboxylic acids is 2. The van der Waals surface area contributed by atoms with E-state index < -0.39 is 0 Å². The first-order valence-corrected chi connectivity index (χ1v) is 9.60. The van der Waals surface area contributed by atoms with E-state index >= 15 is 0 Å². The second-order valence-electron chi connectivity index (χ2n) is 7.21. The molecule has 1 atom stereocenters. The van der Waals surface area contributed by atoms with Gasteiger partial charge in [-0.05, 0) is 66.4 Å². The van der Waals surface area contributed by atoms with Crippen LogP contribution in [0.2, 0.25) is 0 Å². The molecule has 0 bridgehead atoms. The number of hydrogen-bond donors (Lipinski definition) is 2. The van der Waals surface area contributed by atoms with Crippen LogP contribution in [0.4, 0.5) is 5.69 Å². The number of nitrogens with one attached hydrogen (secondary N) is 2. The molecule has 3 rings (SSSR count). The van der Waals surface area contributed by atoms with Crippen LogP contribution >= 0.6 is 0 Å². The van der Waals surface area contributed by atoms with Crippen LogP contribution in [0, 0.1) is 13.8 Å². The van der Waals surface area contributed by atoms with E-state index in [0.29, 0.717) is 0 Å². The van der Waals surface area contributed by atoms with Gasteiger partial charge in [0.15, 0.2) is 0 Å². The molecule has 0 aliphatic rings. The molecule has 0 fully saturated rings. The lowest BCUT2D eigenvalue weighted by Gasteiger charge is -2.14. The first kappa shape index (κ1) is 20.4. The van der Waals surface area contributed by atoms with Gasteiger partial charge in [-0.15, -0.1) is 0 Å². The minimum atomic E-state index is -0.366. The summed E-state index contributed by atoms with van der Waals surface area (Å²) >= 11 is 0. The van der Waals surface area contributed by atoms with Gasteiger partial charge in [0.25, 0.3) is 0 Å². The first-order chi connectivity index (χ1) is 13.9. The van der Waals surface area contributed by atoms with Crippen LogP contribution in [0.25, 0.3) is 10.8 Å². The fourth-order valence-corrected chi connectivity index (χ4v) is 3.19. The van der Waals surface area contributed by atoms with E-state index in [1.54, 1.807) is 7.11 Å². The fourth-order valence-electron chi connectivity index (χ4n) is 3.19. The van der Waals surface area contributed by atoms with Crippen molar-refractivity contribution in [1.29, 1.82) is 0 Å². The molecule has 3 aromatic rings. The summed E-state index contributed by atoms with van der Waals surface area (Å²) in [6.45, 7) is 5.72. The second kappa shape index (κ2) is 8.78. The molecule has 0 saturated carbocycles. The third kappa shape index (κ3) is 4.74. The number of rotatable bonds is 6. The normalized spacial score (nSPS) is 11.7. The van der Waals surface area contributed by atoms with Crippen molar-refractivity contribution in [3.8, 4) is 5.75 Å². The zero-order valence-corrected chi connectivity index (χ0v) is 17.2. The largest absolute Gasteiger partial charge is 0.497 e. The lowest BCUT2D eigenvalue weighted by molar-refractivity contribution is -0.125. The fraction of sp³-hybridized carbons (Fsp3) is 0.250. The Morgan fingerprint density at radius 1 is 1.00 bits per heavy atom. The van der Waals surface area contributed by atoms with E-state index in [4.69, 9.17) is 4.74 Å². The molecule has 5 heteroatoms. The zero-order valence-electron chi connectivity index (χ0n) is 17.2. The Bertz CT molecular complexity index is 1060. The van der Waals surface area contributed by atoms with Crippen LogP contribution in [0.3, 0.4) is 0 Å². The Hall–Kier alpha value is -3.34. The van der Waals surface area contributed by atoms with Crippen LogP contribution in [-0.4, -0.2) is 25.5 Å². The Morgan fingerprint density at radius 2 is 1.72 bits per heavy atom. The van der Waals surface area contributed by atoms with Gasteiger partial charge in [-0.2, -0.15) is 0 Å². The molecular formula is C24H26N2O3. The van der Waals surface area contributed by atoms with Gasteiger partial charge < -0.3 is 15.4 Å². The summed E-state index contributed by atoms with van der Waals surface area (Å²) in [5.74, 6) is -0.000240. The van der Waals surface area contributed by atoms with Crippen molar-refractivity contribution in [2.75, 3.05) is 19.0 Å². The summed E-state index contributed by atoms with van der Waals surface area (Å²) in [6.07, 6.45) is 0. The van der Waals surface area contributed by atoms with Gasteiger partial charge in [0.2, 0.25) is 11.8 Å². The van der Waals surface area contributed by atoms with Crippen LogP contribution in [0.15, 0.2) is 54.6 Å². The minimum absolute atomic E-state index is 0.0681. The number of hydrogen-bond acceptors (Lipinski definition) is 3. The maximum atomic E-state index is 12.5. The van der Waals surface area contributed by atoms with Gasteiger partial charge in [-0.1, -0.05) is 36.4 Å². The molecule has 0 aliphatic heterocycles. The maximum Gasteiger partial charge on any atom is 0.243 e. The number of ether oxygens (including phenoxy) is 1. The standard InChI is InChI=1S/C24H26N2O3/c1-15-6-5-7-22(16(15)2)26-23(27)14-25-24(28)17(3)18-8-9-20-13-21(29-4)11-10-19(20)12-18/h5-13,17H,14H2,1-4H3,(H,25,28)(H,26,27)/t17-/m1/s1. The van der Waals surface area contributed by atoms with E-state index in [2.05, 4.69) is 10.6 Å². The number of carbonyl (C=O) groups is 2. The van der Waals surface area contributed by atoms with Crippen molar-refractivity contribution in [3.63, 3.8) is 0 Å². The molecule has 0 aliphatic carbocycles. The highest BCUT2D eigenvalue weighted by atomic mass is 16.5. The Labute approximate surface area is 171 Å². The highest BCUT2D eigenvalue weighted by Crippen LogP contribution is 2.25. The Kier molecular flexibility index (Phi) is 6.17. The smallest absolute Gasteiger partial charge is 0.243 e. The van der Waals surface area contributed by atoms with E-state index in [1.807, 2.05) is 75.4 Å². The highest BCUT2D eigenvalue weighted by Gasteiger charge is 2.17. The van der Waals surface area contributed by atoms with Gasteiger partial charge in [-0.3, -0.25) is 9.59 Å². The minimum Gasteiger partial charge on any atom is -0.497 e. The number of fused-ring (bicyclic) bond motifs is 1. The Morgan fingerprint density at radius 3 is 2.48 bits per heavy atom. The Balaban J connectivity index is 1.62. The maximum absolute atomic E-state index is 12.5. The van der Waals surface area contributed by atoms with Crippen molar-refractivity contribution < 1.29 is 14.3 Å². The zero-order chi connectivity index (χ0) is 21.0. The lowest BCUT2D eigenvalue weighted by Crippen LogP contribution is -2.35. The SMILES string of the molecule is COc1ccc2cc([C@@H](C)C(=O)NCC(=O)Nc3cccc(C)c3C)ccc2c1.